The number of ether oxygens (including phenoxy) is 1. The van der Waals surface area contributed by atoms with Gasteiger partial charge in [0.15, 0.2) is 11.6 Å². The van der Waals surface area contributed by atoms with Gasteiger partial charge in [0.2, 0.25) is 0 Å². The molecule has 1 N–H and O–H groups in total. The van der Waals surface area contributed by atoms with E-state index < -0.39 is 0 Å². The second-order valence-electron chi connectivity index (χ2n) is 7.86. The average molecular weight is 415 g/mol. The first-order valence-corrected chi connectivity index (χ1v) is 10.3. The van der Waals surface area contributed by atoms with E-state index in [9.17, 15) is 9.59 Å². The Labute approximate surface area is 180 Å². The molecule has 0 spiro atoms. The maximum absolute atomic E-state index is 13.3. The number of fused-ring (bicyclic) bond motifs is 1. The molecule has 0 saturated carbocycles. The number of hydrogen-bond donors (Lipinski definition) is 1. The van der Waals surface area contributed by atoms with Gasteiger partial charge in [0.05, 0.1) is 12.7 Å². The van der Waals surface area contributed by atoms with Gasteiger partial charge in [0, 0.05) is 42.0 Å². The van der Waals surface area contributed by atoms with Gasteiger partial charge in [-0.25, -0.2) is 9.78 Å². The highest BCUT2D eigenvalue weighted by Gasteiger charge is 2.24. The quantitative estimate of drug-likeness (QED) is 0.335. The predicted molar refractivity (Wildman–Crippen MR) is 119 cm³/mol. The number of nitrogens with zero attached hydrogens (tertiary/aromatic N) is 2. The van der Waals surface area contributed by atoms with Crippen molar-refractivity contribution >= 4 is 22.7 Å². The number of Topliss-reactive ketones (excluding diaryl/α,β-unsaturated/α-hetero) is 1. The molecule has 6 heteroatoms. The van der Waals surface area contributed by atoms with Gasteiger partial charge < -0.3 is 14.3 Å². The lowest BCUT2D eigenvalue weighted by atomic mass is 9.90. The lowest BCUT2D eigenvalue weighted by Crippen LogP contribution is -2.16. The summed E-state index contributed by atoms with van der Waals surface area (Å²) in [5.41, 5.74) is 3.38. The van der Waals surface area contributed by atoms with Crippen LogP contribution in [0.4, 0.5) is 0 Å². The molecule has 4 aromatic rings. The van der Waals surface area contributed by atoms with Crippen molar-refractivity contribution in [3.8, 4) is 0 Å². The third-order valence-electron chi connectivity index (χ3n) is 5.52. The van der Waals surface area contributed by atoms with Gasteiger partial charge in [-0.3, -0.25) is 4.79 Å². The molecule has 158 valence electrons. The lowest BCUT2D eigenvalue weighted by molar-refractivity contribution is 0.0600. The fourth-order valence-electron chi connectivity index (χ4n) is 3.88. The van der Waals surface area contributed by atoms with Crippen LogP contribution in [0, 0.1) is 0 Å². The van der Waals surface area contributed by atoms with Crippen molar-refractivity contribution in [3.63, 3.8) is 0 Å². The SMILES string of the molecule is COC(=O)c1ccc([C@H](CC(=O)c2nccn2C(C)C)c2cc3ccccc3[nH]2)cc1. The molecule has 0 aliphatic heterocycles. The Morgan fingerprint density at radius 3 is 2.52 bits per heavy atom. The molecule has 31 heavy (non-hydrogen) atoms. The Kier molecular flexibility index (Phi) is 5.71. The number of benzene rings is 2. The summed E-state index contributed by atoms with van der Waals surface area (Å²) in [6.45, 7) is 4.05. The highest BCUT2D eigenvalue weighted by molar-refractivity contribution is 5.94. The van der Waals surface area contributed by atoms with Gasteiger partial charge in [-0.2, -0.15) is 0 Å². The minimum absolute atomic E-state index is 0.0283. The molecule has 1 atom stereocenters. The number of imidazole rings is 1. The van der Waals surface area contributed by atoms with Gasteiger partial charge in [-0.1, -0.05) is 30.3 Å². The fraction of sp³-hybridized carbons (Fsp3) is 0.240. The molecule has 0 saturated heterocycles. The summed E-state index contributed by atoms with van der Waals surface area (Å²) in [6, 6.07) is 17.5. The van der Waals surface area contributed by atoms with Crippen LogP contribution in [0.5, 0.6) is 0 Å². The Morgan fingerprint density at radius 1 is 1.10 bits per heavy atom. The maximum atomic E-state index is 13.3. The van der Waals surface area contributed by atoms with E-state index in [0.29, 0.717) is 11.4 Å². The minimum atomic E-state index is -0.385. The van der Waals surface area contributed by atoms with Gasteiger partial charge in [-0.05, 0) is 49.1 Å². The number of aromatic nitrogens is 3. The molecule has 0 unspecified atom stereocenters. The topological polar surface area (TPSA) is 77.0 Å². The first-order valence-electron chi connectivity index (χ1n) is 10.3. The van der Waals surface area contributed by atoms with E-state index in [1.807, 2.05) is 61.0 Å². The Hall–Kier alpha value is -3.67. The largest absolute Gasteiger partial charge is 0.465 e. The molecular weight excluding hydrogens is 390 g/mol. The minimum Gasteiger partial charge on any atom is -0.465 e. The molecule has 0 amide bonds. The number of esters is 1. The van der Waals surface area contributed by atoms with E-state index in [1.54, 1.807) is 18.3 Å². The normalized spacial score (nSPS) is 12.3. The number of para-hydroxylation sites is 1. The van der Waals surface area contributed by atoms with Gasteiger partial charge >= 0.3 is 5.97 Å². The zero-order valence-electron chi connectivity index (χ0n) is 17.8. The third-order valence-corrected chi connectivity index (χ3v) is 5.52. The molecule has 0 fully saturated rings. The van der Waals surface area contributed by atoms with Crippen LogP contribution >= 0.6 is 0 Å². The zero-order chi connectivity index (χ0) is 22.0. The second kappa shape index (κ2) is 8.60. The van der Waals surface area contributed by atoms with Gasteiger partial charge in [0.1, 0.15) is 0 Å². The highest BCUT2D eigenvalue weighted by Crippen LogP contribution is 2.31. The summed E-state index contributed by atoms with van der Waals surface area (Å²) >= 11 is 0. The van der Waals surface area contributed by atoms with Crippen molar-refractivity contribution in [2.75, 3.05) is 7.11 Å². The highest BCUT2D eigenvalue weighted by atomic mass is 16.5. The molecule has 0 aliphatic rings. The molecule has 0 bridgehead atoms. The van der Waals surface area contributed by atoms with Crippen molar-refractivity contribution in [3.05, 3.63) is 89.6 Å². The number of methoxy groups -OCH3 is 1. The monoisotopic (exact) mass is 415 g/mol. The molecule has 2 heterocycles. The Bertz CT molecular complexity index is 1190. The van der Waals surface area contributed by atoms with Crippen molar-refractivity contribution < 1.29 is 14.3 Å². The number of nitrogens with one attached hydrogen (secondary N) is 1. The fourth-order valence-corrected chi connectivity index (χ4v) is 3.88. The second-order valence-corrected chi connectivity index (χ2v) is 7.86. The molecule has 2 aromatic heterocycles. The van der Waals surface area contributed by atoms with Crippen LogP contribution in [0.25, 0.3) is 10.9 Å². The molecule has 4 rings (SSSR count). The average Bonchev–Trinajstić information content (AvgIpc) is 3.44. The number of ketones is 1. The number of hydrogen-bond acceptors (Lipinski definition) is 4. The smallest absolute Gasteiger partial charge is 0.337 e. The molecule has 0 aliphatic carbocycles. The van der Waals surface area contributed by atoms with Crippen molar-refractivity contribution in [1.82, 2.24) is 14.5 Å². The summed E-state index contributed by atoms with van der Waals surface area (Å²) in [5, 5.41) is 1.09. The van der Waals surface area contributed by atoms with Gasteiger partial charge in [-0.15, -0.1) is 0 Å². The van der Waals surface area contributed by atoms with Crippen LogP contribution in [0.1, 0.15) is 64.5 Å². The molecule has 0 radical (unpaired) electrons. The van der Waals surface area contributed by atoms with E-state index in [-0.39, 0.29) is 30.1 Å². The van der Waals surface area contributed by atoms with Crippen molar-refractivity contribution in [1.29, 1.82) is 0 Å². The third kappa shape index (κ3) is 4.14. The van der Waals surface area contributed by atoms with Crippen LogP contribution in [-0.4, -0.2) is 33.4 Å². The summed E-state index contributed by atoms with van der Waals surface area (Å²) in [4.78, 5) is 32.8. The van der Waals surface area contributed by atoms with Crippen LogP contribution in [-0.2, 0) is 4.74 Å². The summed E-state index contributed by atoms with van der Waals surface area (Å²) < 4.78 is 6.69. The molecule has 2 aromatic carbocycles. The molecular formula is C25H25N3O3. The van der Waals surface area contributed by atoms with Crippen LogP contribution in [0.15, 0.2) is 67.0 Å². The Balaban J connectivity index is 1.72. The van der Waals surface area contributed by atoms with E-state index in [0.717, 1.165) is 22.2 Å². The number of aromatic amines is 1. The van der Waals surface area contributed by atoms with E-state index >= 15 is 0 Å². The zero-order valence-corrected chi connectivity index (χ0v) is 17.8. The van der Waals surface area contributed by atoms with E-state index in [4.69, 9.17) is 4.74 Å². The summed E-state index contributed by atoms with van der Waals surface area (Å²) in [7, 11) is 1.36. The predicted octanol–water partition coefficient (Wildman–Crippen LogP) is 5.14. The van der Waals surface area contributed by atoms with E-state index in [1.165, 1.54) is 7.11 Å². The summed E-state index contributed by atoms with van der Waals surface area (Å²) in [6.07, 6.45) is 3.76. The first kappa shape index (κ1) is 20.6. The maximum Gasteiger partial charge on any atom is 0.337 e. The number of rotatable bonds is 7. The van der Waals surface area contributed by atoms with Crippen LogP contribution in [0.3, 0.4) is 0 Å². The van der Waals surface area contributed by atoms with Crippen molar-refractivity contribution in [2.24, 2.45) is 0 Å². The standard InChI is InChI=1S/C25H25N3O3/c1-16(2)28-13-12-26-24(28)23(29)15-20(17-8-10-18(11-9-17)25(30)31-3)22-14-19-6-4-5-7-21(19)27-22/h4-14,16,20,27H,15H2,1-3H3/t20-/m0/s1. The molecule has 6 nitrogen and oxygen atoms in total. The van der Waals surface area contributed by atoms with E-state index in [2.05, 4.69) is 16.0 Å². The van der Waals surface area contributed by atoms with Gasteiger partial charge in [0.25, 0.3) is 0 Å². The van der Waals surface area contributed by atoms with Crippen LogP contribution in [0.2, 0.25) is 0 Å². The van der Waals surface area contributed by atoms with Crippen LogP contribution < -0.4 is 0 Å². The number of H-pyrrole nitrogens is 1. The first-order chi connectivity index (χ1) is 15.0. The summed E-state index contributed by atoms with van der Waals surface area (Å²) in [5.74, 6) is -0.158. The number of carbonyl (C=O) groups is 2. The van der Waals surface area contributed by atoms with Crippen molar-refractivity contribution in [2.45, 2.75) is 32.2 Å². The lowest BCUT2D eigenvalue weighted by Gasteiger charge is -2.17. The Morgan fingerprint density at radius 2 is 1.84 bits per heavy atom. The number of carbonyl (C=O) groups excluding carboxylic acids is 2.